The van der Waals surface area contributed by atoms with Gasteiger partial charge in [0.1, 0.15) is 18.2 Å². The zero-order valence-electron chi connectivity index (χ0n) is 9.90. The van der Waals surface area contributed by atoms with Gasteiger partial charge < -0.3 is 10.0 Å². The lowest BCUT2D eigenvalue weighted by Gasteiger charge is -2.20. The fraction of sp³-hybridized carbons (Fsp3) is 0.545. The first-order valence-electron chi connectivity index (χ1n) is 5.38. The van der Waals surface area contributed by atoms with E-state index in [1.165, 1.54) is 0 Å². The van der Waals surface area contributed by atoms with Crippen molar-refractivity contribution in [3.63, 3.8) is 0 Å². The Kier molecular flexibility index (Phi) is 4.22. The molecule has 5 nitrogen and oxygen atoms in total. The number of rotatable bonds is 5. The van der Waals surface area contributed by atoms with Gasteiger partial charge in [0, 0.05) is 18.3 Å². The summed E-state index contributed by atoms with van der Waals surface area (Å²) in [5, 5.41) is 8.79. The van der Waals surface area contributed by atoms with Gasteiger partial charge in [0.2, 0.25) is 0 Å². The van der Waals surface area contributed by atoms with Crippen LogP contribution in [0, 0.1) is 6.92 Å². The maximum atomic E-state index is 10.7. The summed E-state index contributed by atoms with van der Waals surface area (Å²) in [5.41, 5.74) is 0.936. The van der Waals surface area contributed by atoms with Gasteiger partial charge in [-0.25, -0.2) is 9.97 Å². The van der Waals surface area contributed by atoms with Crippen LogP contribution in [0.2, 0.25) is 0 Å². The van der Waals surface area contributed by atoms with Gasteiger partial charge >= 0.3 is 5.97 Å². The van der Waals surface area contributed by atoms with Gasteiger partial charge in [-0.1, -0.05) is 6.92 Å². The van der Waals surface area contributed by atoms with Crippen LogP contribution in [0.4, 0.5) is 5.82 Å². The summed E-state index contributed by atoms with van der Waals surface area (Å²) in [7, 11) is 0. The Morgan fingerprint density at radius 1 is 1.44 bits per heavy atom. The third kappa shape index (κ3) is 3.18. The Balaban J connectivity index is 2.99. The summed E-state index contributed by atoms with van der Waals surface area (Å²) in [6.07, 6.45) is 0.820. The number of carboxylic acids is 1. The lowest BCUT2D eigenvalue weighted by molar-refractivity contribution is -0.135. The molecule has 1 rings (SSSR count). The van der Waals surface area contributed by atoms with Crippen LogP contribution in [0.15, 0.2) is 6.07 Å². The van der Waals surface area contributed by atoms with Gasteiger partial charge in [-0.2, -0.15) is 0 Å². The highest BCUT2D eigenvalue weighted by atomic mass is 16.4. The maximum absolute atomic E-state index is 10.7. The minimum Gasteiger partial charge on any atom is -0.480 e. The molecule has 1 aromatic rings. The van der Waals surface area contributed by atoms with E-state index < -0.39 is 5.97 Å². The molecule has 0 radical (unpaired) electrons. The standard InChI is InChI=1S/C11H17N3O2/c1-4-9-6-10(13-8(3)12-9)14(5-2)7-11(15)16/h6H,4-5,7H2,1-3H3,(H,15,16). The predicted molar refractivity (Wildman–Crippen MR) is 61.7 cm³/mol. The fourth-order valence-corrected chi connectivity index (χ4v) is 1.47. The topological polar surface area (TPSA) is 66.3 Å². The van der Waals surface area contributed by atoms with Crippen molar-refractivity contribution in [3.05, 3.63) is 17.6 Å². The second-order valence-electron chi connectivity index (χ2n) is 3.53. The summed E-state index contributed by atoms with van der Waals surface area (Å²) in [4.78, 5) is 20.9. The van der Waals surface area contributed by atoms with E-state index in [4.69, 9.17) is 5.11 Å². The van der Waals surface area contributed by atoms with Crippen LogP contribution in [0.5, 0.6) is 0 Å². The zero-order valence-corrected chi connectivity index (χ0v) is 9.90. The summed E-state index contributed by atoms with van der Waals surface area (Å²) in [6, 6.07) is 1.85. The molecule has 1 aromatic heterocycles. The lowest BCUT2D eigenvalue weighted by Crippen LogP contribution is -2.30. The van der Waals surface area contributed by atoms with E-state index in [2.05, 4.69) is 9.97 Å². The Hall–Kier alpha value is -1.65. The normalized spacial score (nSPS) is 10.2. The number of hydrogen-bond donors (Lipinski definition) is 1. The molecule has 0 bridgehead atoms. The van der Waals surface area contributed by atoms with E-state index in [-0.39, 0.29) is 6.54 Å². The SMILES string of the molecule is CCc1cc(N(CC)CC(=O)O)nc(C)n1. The van der Waals surface area contributed by atoms with Crippen molar-refractivity contribution in [1.29, 1.82) is 0 Å². The lowest BCUT2D eigenvalue weighted by atomic mass is 10.3. The number of aryl methyl sites for hydroxylation is 2. The van der Waals surface area contributed by atoms with Gasteiger partial charge in [0.15, 0.2) is 0 Å². The Bertz CT molecular complexity index is 379. The molecule has 16 heavy (non-hydrogen) atoms. The van der Waals surface area contributed by atoms with E-state index >= 15 is 0 Å². The molecule has 0 spiro atoms. The molecular weight excluding hydrogens is 206 g/mol. The van der Waals surface area contributed by atoms with Crippen LogP contribution in [-0.2, 0) is 11.2 Å². The summed E-state index contributed by atoms with van der Waals surface area (Å²) in [5.74, 6) is 0.517. The number of hydrogen-bond acceptors (Lipinski definition) is 4. The molecule has 88 valence electrons. The van der Waals surface area contributed by atoms with Gasteiger partial charge in [-0.15, -0.1) is 0 Å². The van der Waals surface area contributed by atoms with Crippen LogP contribution in [0.3, 0.4) is 0 Å². The minimum absolute atomic E-state index is 0.0316. The van der Waals surface area contributed by atoms with Gasteiger partial charge in [0.25, 0.3) is 0 Å². The summed E-state index contributed by atoms with van der Waals surface area (Å²) >= 11 is 0. The second-order valence-corrected chi connectivity index (χ2v) is 3.53. The van der Waals surface area contributed by atoms with Crippen molar-refractivity contribution < 1.29 is 9.90 Å². The van der Waals surface area contributed by atoms with Crippen LogP contribution in [0.25, 0.3) is 0 Å². The molecule has 0 amide bonds. The average Bonchev–Trinajstić information content (AvgIpc) is 2.24. The molecule has 1 heterocycles. The van der Waals surface area contributed by atoms with E-state index in [1.54, 1.807) is 4.90 Å². The Morgan fingerprint density at radius 2 is 2.12 bits per heavy atom. The number of nitrogens with zero attached hydrogens (tertiary/aromatic N) is 3. The quantitative estimate of drug-likeness (QED) is 0.814. The van der Waals surface area contributed by atoms with Gasteiger partial charge in [-0.3, -0.25) is 4.79 Å². The fourth-order valence-electron chi connectivity index (χ4n) is 1.47. The molecule has 0 saturated carbocycles. The van der Waals surface area contributed by atoms with E-state index in [0.29, 0.717) is 18.2 Å². The molecule has 1 N–H and O–H groups in total. The van der Waals surface area contributed by atoms with Crippen molar-refractivity contribution in [2.24, 2.45) is 0 Å². The van der Waals surface area contributed by atoms with Gasteiger partial charge in [0.05, 0.1) is 0 Å². The highest BCUT2D eigenvalue weighted by Gasteiger charge is 2.11. The number of carbonyl (C=O) groups is 1. The van der Waals surface area contributed by atoms with Gasteiger partial charge in [-0.05, 0) is 20.3 Å². The molecule has 0 saturated heterocycles. The van der Waals surface area contributed by atoms with Crippen LogP contribution in [0.1, 0.15) is 25.4 Å². The highest BCUT2D eigenvalue weighted by Crippen LogP contribution is 2.12. The Labute approximate surface area is 95.1 Å². The largest absolute Gasteiger partial charge is 0.480 e. The van der Waals surface area contributed by atoms with E-state index in [0.717, 1.165) is 12.1 Å². The third-order valence-electron chi connectivity index (χ3n) is 2.27. The number of carboxylic acid groups (broad SMARTS) is 1. The smallest absolute Gasteiger partial charge is 0.323 e. The maximum Gasteiger partial charge on any atom is 0.323 e. The van der Waals surface area contributed by atoms with E-state index in [9.17, 15) is 4.79 Å². The van der Waals surface area contributed by atoms with Crippen molar-refractivity contribution >= 4 is 11.8 Å². The third-order valence-corrected chi connectivity index (χ3v) is 2.27. The van der Waals surface area contributed by atoms with Crippen LogP contribution < -0.4 is 4.90 Å². The highest BCUT2D eigenvalue weighted by molar-refractivity contribution is 5.73. The Morgan fingerprint density at radius 3 is 2.62 bits per heavy atom. The number of aromatic nitrogens is 2. The predicted octanol–water partition coefficient (Wildman–Crippen LogP) is 1.26. The van der Waals surface area contributed by atoms with Crippen molar-refractivity contribution in [2.45, 2.75) is 27.2 Å². The molecular formula is C11H17N3O2. The number of aliphatic carboxylic acids is 1. The molecule has 0 unspecified atom stereocenters. The second kappa shape index (κ2) is 5.44. The molecule has 0 fully saturated rings. The molecule has 0 aliphatic rings. The first kappa shape index (κ1) is 12.4. The molecule has 0 aliphatic heterocycles. The van der Waals surface area contributed by atoms with Crippen LogP contribution >= 0.6 is 0 Å². The summed E-state index contributed by atoms with van der Waals surface area (Å²) < 4.78 is 0. The monoisotopic (exact) mass is 223 g/mol. The van der Waals surface area contributed by atoms with Crippen LogP contribution in [-0.4, -0.2) is 34.1 Å². The molecule has 0 aromatic carbocycles. The zero-order chi connectivity index (χ0) is 12.1. The molecule has 0 aliphatic carbocycles. The molecule has 0 atom stereocenters. The number of anilines is 1. The summed E-state index contributed by atoms with van der Waals surface area (Å²) in [6.45, 7) is 6.32. The average molecular weight is 223 g/mol. The van der Waals surface area contributed by atoms with Crippen molar-refractivity contribution in [1.82, 2.24) is 9.97 Å². The first-order chi connectivity index (χ1) is 7.56. The van der Waals surface area contributed by atoms with Crippen molar-refractivity contribution in [3.8, 4) is 0 Å². The van der Waals surface area contributed by atoms with Crippen molar-refractivity contribution in [2.75, 3.05) is 18.0 Å². The first-order valence-corrected chi connectivity index (χ1v) is 5.38. The molecule has 5 heteroatoms. The number of likely N-dealkylation sites (N-methyl/N-ethyl adjacent to an activating group) is 1. The van der Waals surface area contributed by atoms with E-state index in [1.807, 2.05) is 26.8 Å². The minimum atomic E-state index is -0.851.